The highest BCUT2D eigenvalue weighted by Gasteiger charge is 2.65. The second-order valence-electron chi connectivity index (χ2n) is 12.2. The zero-order valence-corrected chi connectivity index (χ0v) is 24.3. The summed E-state index contributed by atoms with van der Waals surface area (Å²) in [7, 11) is 0. The standard InChI is InChI=1S/C30H39N3O8/c1-17(34)38-22-8-6-19-14-21-20-7-9-23(39-18(2)35)28-30(20,26(19)27(22)40-28)12-13-33(21)16-31-15-32-24(36)10-11-25(37)41-29(3,4)5/h6-9,20-21,23,28,31H,10-16H2,1-5H3,(H,32,36)/t20-,21?,23-,28-,30-/m0/s1. The Labute approximate surface area is 239 Å². The number of rotatable bonds is 9. The van der Waals surface area contributed by atoms with Crippen molar-refractivity contribution in [3.05, 3.63) is 35.4 Å². The van der Waals surface area contributed by atoms with Crippen molar-refractivity contribution in [1.82, 2.24) is 15.5 Å². The summed E-state index contributed by atoms with van der Waals surface area (Å²) in [6.07, 6.45) is 4.74. The van der Waals surface area contributed by atoms with Gasteiger partial charge in [-0.15, -0.1) is 0 Å². The van der Waals surface area contributed by atoms with E-state index in [0.717, 1.165) is 30.5 Å². The highest BCUT2D eigenvalue weighted by molar-refractivity contribution is 5.81. The molecular formula is C30H39N3O8. The van der Waals surface area contributed by atoms with Gasteiger partial charge < -0.3 is 24.3 Å². The van der Waals surface area contributed by atoms with Gasteiger partial charge in [-0.2, -0.15) is 0 Å². The molecule has 11 heteroatoms. The van der Waals surface area contributed by atoms with Crippen LogP contribution >= 0.6 is 0 Å². The molecular weight excluding hydrogens is 530 g/mol. The Morgan fingerprint density at radius 2 is 1.88 bits per heavy atom. The van der Waals surface area contributed by atoms with E-state index in [2.05, 4.69) is 21.6 Å². The molecule has 11 nitrogen and oxygen atoms in total. The van der Waals surface area contributed by atoms with Crippen LogP contribution in [0.15, 0.2) is 24.3 Å². The molecule has 1 fully saturated rings. The minimum atomic E-state index is -0.576. The molecule has 1 unspecified atom stereocenters. The predicted molar refractivity (Wildman–Crippen MR) is 147 cm³/mol. The van der Waals surface area contributed by atoms with E-state index >= 15 is 0 Å². The second-order valence-corrected chi connectivity index (χ2v) is 12.2. The van der Waals surface area contributed by atoms with Crippen LogP contribution in [0.25, 0.3) is 0 Å². The van der Waals surface area contributed by atoms with E-state index in [1.807, 2.05) is 12.1 Å². The molecule has 2 aliphatic carbocycles. The van der Waals surface area contributed by atoms with Gasteiger partial charge >= 0.3 is 17.9 Å². The number of amides is 1. The lowest BCUT2D eigenvalue weighted by atomic mass is 9.53. The third-order valence-corrected chi connectivity index (χ3v) is 8.21. The average molecular weight is 570 g/mol. The molecule has 1 spiro atoms. The molecule has 0 radical (unpaired) electrons. The molecule has 5 atom stereocenters. The Balaban J connectivity index is 1.27. The number of nitrogens with one attached hydrogen (secondary N) is 2. The molecule has 222 valence electrons. The summed E-state index contributed by atoms with van der Waals surface area (Å²) in [5.74, 6) is -0.348. The molecule has 4 aliphatic rings. The molecule has 0 aromatic heterocycles. The number of ether oxygens (including phenoxy) is 4. The molecule has 1 saturated heterocycles. The summed E-state index contributed by atoms with van der Waals surface area (Å²) < 4.78 is 23.0. The van der Waals surface area contributed by atoms with Crippen molar-refractivity contribution in [2.75, 3.05) is 19.9 Å². The fourth-order valence-electron chi connectivity index (χ4n) is 6.88. The van der Waals surface area contributed by atoms with Crippen LogP contribution in [0.5, 0.6) is 11.5 Å². The minimum absolute atomic E-state index is 0.0333. The fraction of sp³-hybridized carbons (Fsp3) is 0.600. The molecule has 2 heterocycles. The topological polar surface area (TPSA) is 132 Å². The Bertz CT molecular complexity index is 1270. The van der Waals surface area contributed by atoms with Crippen LogP contribution in [-0.2, 0) is 40.5 Å². The Kier molecular flexibility index (Phi) is 7.86. The van der Waals surface area contributed by atoms with Gasteiger partial charge in [-0.05, 0) is 51.3 Å². The van der Waals surface area contributed by atoms with Gasteiger partial charge in [-0.1, -0.05) is 12.1 Å². The highest BCUT2D eigenvalue weighted by atomic mass is 16.6. The van der Waals surface area contributed by atoms with Gasteiger partial charge in [0.1, 0.15) is 11.7 Å². The smallest absolute Gasteiger partial charge is 0.308 e. The maximum Gasteiger partial charge on any atom is 0.308 e. The fourth-order valence-corrected chi connectivity index (χ4v) is 6.88. The first-order valence-electron chi connectivity index (χ1n) is 14.2. The lowest BCUT2D eigenvalue weighted by Gasteiger charge is -2.57. The Morgan fingerprint density at radius 3 is 2.59 bits per heavy atom. The van der Waals surface area contributed by atoms with Gasteiger partial charge in [0.25, 0.3) is 0 Å². The van der Waals surface area contributed by atoms with Crippen molar-refractivity contribution in [3.63, 3.8) is 0 Å². The monoisotopic (exact) mass is 569 g/mol. The van der Waals surface area contributed by atoms with E-state index in [-0.39, 0.29) is 43.3 Å². The van der Waals surface area contributed by atoms with E-state index in [4.69, 9.17) is 18.9 Å². The summed E-state index contributed by atoms with van der Waals surface area (Å²) in [4.78, 5) is 50.3. The first-order valence-corrected chi connectivity index (χ1v) is 14.2. The molecule has 2 bridgehead atoms. The van der Waals surface area contributed by atoms with Crippen LogP contribution in [0.2, 0.25) is 0 Å². The van der Waals surface area contributed by atoms with Crippen LogP contribution in [0.1, 0.15) is 65.0 Å². The molecule has 41 heavy (non-hydrogen) atoms. The number of carbonyl (C=O) groups is 4. The first kappa shape index (κ1) is 29.1. The van der Waals surface area contributed by atoms with E-state index in [9.17, 15) is 19.2 Å². The van der Waals surface area contributed by atoms with Crippen molar-refractivity contribution in [1.29, 1.82) is 0 Å². The zero-order chi connectivity index (χ0) is 29.5. The number of piperidine rings is 1. The summed E-state index contributed by atoms with van der Waals surface area (Å²) in [6, 6.07) is 3.94. The molecule has 1 aromatic rings. The largest absolute Gasteiger partial charge is 0.481 e. The van der Waals surface area contributed by atoms with Crippen LogP contribution in [0.4, 0.5) is 0 Å². The van der Waals surface area contributed by atoms with Crippen molar-refractivity contribution < 1.29 is 38.1 Å². The van der Waals surface area contributed by atoms with E-state index in [1.165, 1.54) is 13.8 Å². The van der Waals surface area contributed by atoms with Crippen LogP contribution in [-0.4, -0.2) is 72.4 Å². The summed E-state index contributed by atoms with van der Waals surface area (Å²) in [6.45, 7) is 9.73. The van der Waals surface area contributed by atoms with E-state index in [1.54, 1.807) is 26.8 Å². The third kappa shape index (κ3) is 5.70. The number of hydrogen-bond acceptors (Lipinski definition) is 10. The Hall–Kier alpha value is -3.44. The number of nitrogens with zero attached hydrogens (tertiary/aromatic N) is 1. The first-order chi connectivity index (χ1) is 19.4. The third-order valence-electron chi connectivity index (χ3n) is 8.21. The molecule has 5 rings (SSSR count). The van der Waals surface area contributed by atoms with Crippen LogP contribution < -0.4 is 20.1 Å². The molecule has 2 aliphatic heterocycles. The number of likely N-dealkylation sites (tertiary alicyclic amines) is 1. The van der Waals surface area contributed by atoms with Crippen LogP contribution in [0, 0.1) is 5.92 Å². The highest BCUT2D eigenvalue weighted by Crippen LogP contribution is 2.62. The van der Waals surface area contributed by atoms with Crippen molar-refractivity contribution in [2.45, 2.75) is 89.6 Å². The molecule has 0 saturated carbocycles. The number of benzene rings is 1. The number of hydrogen-bond donors (Lipinski definition) is 2. The summed E-state index contributed by atoms with van der Waals surface area (Å²) >= 11 is 0. The molecule has 1 amide bonds. The van der Waals surface area contributed by atoms with Gasteiger partial charge in [0.2, 0.25) is 5.91 Å². The quantitative estimate of drug-likeness (QED) is 0.150. The summed E-state index contributed by atoms with van der Waals surface area (Å²) in [5.41, 5.74) is 1.21. The van der Waals surface area contributed by atoms with Crippen LogP contribution in [0.3, 0.4) is 0 Å². The van der Waals surface area contributed by atoms with Crippen molar-refractivity contribution in [3.8, 4) is 11.5 Å². The van der Waals surface area contributed by atoms with E-state index in [0.29, 0.717) is 18.2 Å². The second kappa shape index (κ2) is 11.1. The number of esters is 3. The Morgan fingerprint density at radius 1 is 1.10 bits per heavy atom. The van der Waals surface area contributed by atoms with Gasteiger partial charge in [0.05, 0.1) is 13.1 Å². The molecule has 2 N–H and O–H groups in total. The maximum atomic E-state index is 12.2. The van der Waals surface area contributed by atoms with Gasteiger partial charge in [0, 0.05) is 56.4 Å². The molecule has 1 aromatic carbocycles. The average Bonchev–Trinajstić information content (AvgIpc) is 3.22. The lowest BCUT2D eigenvalue weighted by Crippen LogP contribution is -2.66. The minimum Gasteiger partial charge on any atom is -0.481 e. The van der Waals surface area contributed by atoms with E-state index < -0.39 is 35.2 Å². The normalized spacial score (nSPS) is 27.3. The van der Waals surface area contributed by atoms with Crippen molar-refractivity contribution in [2.24, 2.45) is 5.92 Å². The van der Waals surface area contributed by atoms with Crippen molar-refractivity contribution >= 4 is 23.8 Å². The SMILES string of the molecule is CC(=O)Oc1ccc2c3c1O[C@H]1[C@@H](OC(C)=O)C=C[C@H]4C(C2)N(CNCNC(=O)CCC(=O)OC(C)(C)C)CC[C@@]341. The summed E-state index contributed by atoms with van der Waals surface area (Å²) in [5, 5.41) is 6.14. The maximum absolute atomic E-state index is 12.2. The van der Waals surface area contributed by atoms with Gasteiger partial charge in [0.15, 0.2) is 17.6 Å². The number of carbonyl (C=O) groups excluding carboxylic acids is 4. The predicted octanol–water partition coefficient (Wildman–Crippen LogP) is 2.10. The zero-order valence-electron chi connectivity index (χ0n) is 24.3. The van der Waals surface area contributed by atoms with Gasteiger partial charge in [-0.3, -0.25) is 29.4 Å². The van der Waals surface area contributed by atoms with Gasteiger partial charge in [-0.25, -0.2) is 0 Å². The lowest BCUT2D eigenvalue weighted by molar-refractivity contribution is -0.156.